The Hall–Kier alpha value is -2.48. The minimum atomic E-state index is -0.429. The molecule has 6 nitrogen and oxygen atoms in total. The first kappa shape index (κ1) is 22.2. The van der Waals surface area contributed by atoms with Crippen LogP contribution in [-0.2, 0) is 14.3 Å². The molecule has 0 radical (unpaired) electrons. The van der Waals surface area contributed by atoms with Crippen molar-refractivity contribution in [2.24, 2.45) is 4.99 Å². The van der Waals surface area contributed by atoms with Crippen LogP contribution in [0.5, 0.6) is 5.75 Å². The summed E-state index contributed by atoms with van der Waals surface area (Å²) in [5, 5.41) is 3.84. The van der Waals surface area contributed by atoms with Gasteiger partial charge < -0.3 is 14.8 Å². The lowest BCUT2D eigenvalue weighted by Crippen LogP contribution is -2.19. The number of nitrogens with zero attached hydrogens (tertiary/aromatic N) is 1. The van der Waals surface area contributed by atoms with Crippen molar-refractivity contribution < 1.29 is 19.1 Å². The standard InChI is InChI=1S/C21H18Cl2N2O4S/c1-12(2)29-18(26)11-28-14-8-6-13(7-9-14)10-17-20(27)25-21(30-17)24-16-5-3-4-15(22)19(16)23/h3-10,12H,11H2,1-2H3,(H,24,25,27)/b17-10-. The summed E-state index contributed by atoms with van der Waals surface area (Å²) in [6, 6.07) is 12.1. The highest BCUT2D eigenvalue weighted by molar-refractivity contribution is 8.18. The van der Waals surface area contributed by atoms with Gasteiger partial charge in [0.1, 0.15) is 5.75 Å². The number of rotatable bonds is 6. The summed E-state index contributed by atoms with van der Waals surface area (Å²) >= 11 is 13.3. The molecule has 30 heavy (non-hydrogen) atoms. The van der Waals surface area contributed by atoms with Crippen LogP contribution in [-0.4, -0.2) is 29.8 Å². The summed E-state index contributed by atoms with van der Waals surface area (Å²) in [6.45, 7) is 3.39. The molecule has 1 heterocycles. The Labute approximate surface area is 188 Å². The molecule has 0 atom stereocenters. The molecule has 2 aromatic rings. The van der Waals surface area contributed by atoms with E-state index in [4.69, 9.17) is 32.7 Å². The molecule has 0 unspecified atom stereocenters. The number of thioether (sulfide) groups is 1. The average molecular weight is 465 g/mol. The average Bonchev–Trinajstić information content (AvgIpc) is 3.03. The molecule has 3 rings (SSSR count). The topological polar surface area (TPSA) is 77.0 Å². The number of ether oxygens (including phenoxy) is 2. The smallest absolute Gasteiger partial charge is 0.344 e. The highest BCUT2D eigenvalue weighted by Gasteiger charge is 2.24. The summed E-state index contributed by atoms with van der Waals surface area (Å²) in [4.78, 5) is 28.6. The minimum absolute atomic E-state index is 0.164. The van der Waals surface area contributed by atoms with Crippen LogP contribution >= 0.6 is 35.0 Å². The second-order valence-electron chi connectivity index (χ2n) is 6.45. The lowest BCUT2D eigenvalue weighted by Gasteiger charge is -2.09. The zero-order chi connectivity index (χ0) is 21.7. The second-order valence-corrected chi connectivity index (χ2v) is 8.27. The van der Waals surface area contributed by atoms with Crippen LogP contribution in [0.15, 0.2) is 52.4 Å². The monoisotopic (exact) mass is 464 g/mol. The molecule has 0 saturated carbocycles. The maximum absolute atomic E-state index is 12.2. The van der Waals surface area contributed by atoms with Crippen LogP contribution in [0.25, 0.3) is 6.08 Å². The molecule has 1 fully saturated rings. The van der Waals surface area contributed by atoms with E-state index < -0.39 is 5.97 Å². The largest absolute Gasteiger partial charge is 0.482 e. The van der Waals surface area contributed by atoms with Crippen molar-refractivity contribution in [2.75, 3.05) is 6.61 Å². The fourth-order valence-corrected chi connectivity index (χ4v) is 3.59. The number of aliphatic imine (C=N–C) groups is 1. The van der Waals surface area contributed by atoms with Gasteiger partial charge in [-0.25, -0.2) is 9.79 Å². The van der Waals surface area contributed by atoms with E-state index in [2.05, 4.69) is 10.3 Å². The van der Waals surface area contributed by atoms with Crippen molar-refractivity contribution in [1.29, 1.82) is 0 Å². The van der Waals surface area contributed by atoms with Crippen LogP contribution in [0.4, 0.5) is 5.69 Å². The van der Waals surface area contributed by atoms with Gasteiger partial charge in [0, 0.05) is 0 Å². The highest BCUT2D eigenvalue weighted by atomic mass is 35.5. The summed E-state index contributed by atoms with van der Waals surface area (Å²) in [5.41, 5.74) is 1.28. The van der Waals surface area contributed by atoms with Gasteiger partial charge in [-0.05, 0) is 61.5 Å². The van der Waals surface area contributed by atoms with E-state index in [0.717, 1.165) is 5.56 Å². The summed E-state index contributed by atoms with van der Waals surface area (Å²) in [6.07, 6.45) is 1.55. The zero-order valence-corrected chi connectivity index (χ0v) is 18.5. The Morgan fingerprint density at radius 1 is 1.20 bits per heavy atom. The molecular formula is C21H18Cl2N2O4S. The molecule has 2 aromatic carbocycles. The number of nitrogens with one attached hydrogen (secondary N) is 1. The van der Waals surface area contributed by atoms with Crippen molar-refractivity contribution in [1.82, 2.24) is 5.32 Å². The third-order valence-electron chi connectivity index (χ3n) is 3.71. The van der Waals surface area contributed by atoms with E-state index in [1.165, 1.54) is 11.8 Å². The maximum atomic E-state index is 12.2. The molecule has 0 bridgehead atoms. The Bertz CT molecular complexity index is 1020. The normalized spacial score (nSPS) is 16.2. The molecule has 0 spiro atoms. The Morgan fingerprint density at radius 2 is 1.93 bits per heavy atom. The molecule has 1 N–H and O–H groups in total. The Kier molecular flexibility index (Phi) is 7.42. The third kappa shape index (κ3) is 6.01. The first-order chi connectivity index (χ1) is 14.3. The lowest BCUT2D eigenvalue weighted by molar-refractivity contribution is -0.149. The van der Waals surface area contributed by atoms with E-state index in [9.17, 15) is 9.59 Å². The van der Waals surface area contributed by atoms with Gasteiger partial charge in [-0.15, -0.1) is 0 Å². The lowest BCUT2D eigenvalue weighted by atomic mass is 10.2. The predicted octanol–water partition coefficient (Wildman–Crippen LogP) is 5.22. The number of amides is 1. The van der Waals surface area contributed by atoms with Crippen LogP contribution < -0.4 is 10.1 Å². The number of hydrogen-bond acceptors (Lipinski definition) is 6. The van der Waals surface area contributed by atoms with E-state index in [1.807, 2.05) is 0 Å². The fourth-order valence-electron chi connectivity index (χ4n) is 2.42. The number of hydrogen-bond donors (Lipinski definition) is 1. The van der Waals surface area contributed by atoms with E-state index in [1.54, 1.807) is 62.4 Å². The van der Waals surface area contributed by atoms with Crippen molar-refractivity contribution in [3.63, 3.8) is 0 Å². The van der Waals surface area contributed by atoms with Gasteiger partial charge in [0.05, 0.1) is 26.7 Å². The third-order valence-corrected chi connectivity index (χ3v) is 5.42. The van der Waals surface area contributed by atoms with Crippen LogP contribution in [0.3, 0.4) is 0 Å². The number of carbonyl (C=O) groups is 2. The number of benzene rings is 2. The van der Waals surface area contributed by atoms with Crippen LogP contribution in [0.1, 0.15) is 19.4 Å². The van der Waals surface area contributed by atoms with E-state index in [-0.39, 0.29) is 18.6 Å². The molecule has 9 heteroatoms. The quantitative estimate of drug-likeness (QED) is 0.468. The molecule has 0 aliphatic carbocycles. The van der Waals surface area contributed by atoms with Gasteiger partial charge in [0.15, 0.2) is 11.8 Å². The van der Waals surface area contributed by atoms with E-state index in [0.29, 0.717) is 31.6 Å². The summed E-state index contributed by atoms with van der Waals surface area (Å²) in [5.74, 6) is -0.158. The zero-order valence-electron chi connectivity index (χ0n) is 16.1. The molecule has 156 valence electrons. The van der Waals surface area contributed by atoms with Gasteiger partial charge in [-0.1, -0.05) is 41.4 Å². The van der Waals surface area contributed by atoms with Crippen molar-refractivity contribution in [3.8, 4) is 5.75 Å². The Balaban J connectivity index is 1.65. The molecular weight excluding hydrogens is 447 g/mol. The second kappa shape index (κ2) is 10.0. The molecule has 0 aromatic heterocycles. The molecule has 1 aliphatic heterocycles. The van der Waals surface area contributed by atoms with Gasteiger partial charge in [-0.3, -0.25) is 4.79 Å². The number of esters is 1. The van der Waals surface area contributed by atoms with Gasteiger partial charge >= 0.3 is 5.97 Å². The summed E-state index contributed by atoms with van der Waals surface area (Å²) in [7, 11) is 0. The number of carbonyl (C=O) groups excluding carboxylic acids is 2. The first-order valence-corrected chi connectivity index (χ1v) is 10.5. The minimum Gasteiger partial charge on any atom is -0.482 e. The van der Waals surface area contributed by atoms with Gasteiger partial charge in [0.2, 0.25) is 0 Å². The number of amidine groups is 1. The van der Waals surface area contributed by atoms with Crippen molar-refractivity contribution in [3.05, 3.63) is 63.0 Å². The Morgan fingerprint density at radius 3 is 2.63 bits per heavy atom. The summed E-state index contributed by atoms with van der Waals surface area (Å²) < 4.78 is 10.4. The van der Waals surface area contributed by atoms with Crippen molar-refractivity contribution >= 4 is 63.8 Å². The maximum Gasteiger partial charge on any atom is 0.344 e. The first-order valence-electron chi connectivity index (χ1n) is 8.98. The molecule has 1 aliphatic rings. The van der Waals surface area contributed by atoms with Crippen LogP contribution in [0, 0.1) is 0 Å². The fraction of sp³-hybridized carbons (Fsp3) is 0.190. The van der Waals surface area contributed by atoms with Gasteiger partial charge in [-0.2, -0.15) is 0 Å². The predicted molar refractivity (Wildman–Crippen MR) is 120 cm³/mol. The molecule has 1 amide bonds. The highest BCUT2D eigenvalue weighted by Crippen LogP contribution is 2.34. The SMILES string of the molecule is CC(C)OC(=O)COc1ccc(/C=C2\SC(=Nc3cccc(Cl)c3Cl)NC2=O)cc1. The van der Waals surface area contributed by atoms with Gasteiger partial charge in [0.25, 0.3) is 5.91 Å². The van der Waals surface area contributed by atoms with Crippen LogP contribution in [0.2, 0.25) is 10.0 Å². The van der Waals surface area contributed by atoms with Crippen molar-refractivity contribution in [2.45, 2.75) is 20.0 Å². The molecule has 1 saturated heterocycles. The van der Waals surface area contributed by atoms with E-state index >= 15 is 0 Å². The number of halogens is 2.